The number of fused-ring (bicyclic) bond motifs is 1. The molecule has 4 heteroatoms. The normalized spacial score (nSPS) is 10.8. The predicted octanol–water partition coefficient (Wildman–Crippen LogP) is 9.23. The van der Waals surface area contributed by atoms with E-state index in [0.29, 0.717) is 23.0 Å². The monoisotopic (exact) mass is 536 g/mol. The van der Waals surface area contributed by atoms with Gasteiger partial charge in [-0.15, -0.1) is 0 Å². The Labute approximate surface area is 244 Å². The van der Waals surface area contributed by atoms with E-state index in [9.17, 15) is 5.26 Å². The number of nitriles is 1. The van der Waals surface area contributed by atoms with Crippen molar-refractivity contribution in [3.8, 4) is 62.5 Å². The summed E-state index contributed by atoms with van der Waals surface area (Å²) in [5.41, 5.74) is 7.68. The second-order valence-electron chi connectivity index (χ2n) is 10.0. The van der Waals surface area contributed by atoms with E-state index in [4.69, 9.17) is 15.0 Å². The minimum absolute atomic E-state index is 0.633. The van der Waals surface area contributed by atoms with Crippen LogP contribution >= 0.6 is 0 Å². The lowest BCUT2D eigenvalue weighted by atomic mass is 9.95. The van der Waals surface area contributed by atoms with E-state index in [-0.39, 0.29) is 0 Å². The molecule has 6 aromatic carbocycles. The van der Waals surface area contributed by atoms with Crippen LogP contribution in [-0.4, -0.2) is 15.0 Å². The largest absolute Gasteiger partial charge is 0.208 e. The van der Waals surface area contributed by atoms with Gasteiger partial charge in [0.25, 0.3) is 0 Å². The Morgan fingerprint density at radius 3 is 1.43 bits per heavy atom. The molecule has 42 heavy (non-hydrogen) atoms. The molecule has 0 amide bonds. The van der Waals surface area contributed by atoms with Crippen LogP contribution in [0, 0.1) is 11.3 Å². The number of rotatable bonds is 5. The van der Waals surface area contributed by atoms with Crippen LogP contribution in [0.1, 0.15) is 5.56 Å². The molecular formula is C38H24N4. The Balaban J connectivity index is 1.26. The van der Waals surface area contributed by atoms with Crippen molar-refractivity contribution in [2.24, 2.45) is 0 Å². The van der Waals surface area contributed by atoms with Gasteiger partial charge in [-0.1, -0.05) is 127 Å². The first-order valence-corrected chi connectivity index (χ1v) is 13.8. The maximum Gasteiger partial charge on any atom is 0.164 e. The van der Waals surface area contributed by atoms with Crippen LogP contribution in [0.3, 0.4) is 0 Å². The van der Waals surface area contributed by atoms with Gasteiger partial charge < -0.3 is 0 Å². The second-order valence-corrected chi connectivity index (χ2v) is 10.0. The van der Waals surface area contributed by atoms with Gasteiger partial charge in [-0.25, -0.2) is 15.0 Å². The molecule has 0 aliphatic rings. The summed E-state index contributed by atoms with van der Waals surface area (Å²) in [7, 11) is 0. The summed E-state index contributed by atoms with van der Waals surface area (Å²) < 4.78 is 0. The van der Waals surface area contributed by atoms with E-state index < -0.39 is 0 Å². The average molecular weight is 537 g/mol. The molecule has 1 heterocycles. The molecule has 0 spiro atoms. The minimum atomic E-state index is 0.633. The van der Waals surface area contributed by atoms with E-state index in [1.165, 1.54) is 0 Å². The van der Waals surface area contributed by atoms with E-state index in [1.54, 1.807) is 0 Å². The quantitative estimate of drug-likeness (QED) is 0.220. The van der Waals surface area contributed by atoms with E-state index in [2.05, 4.69) is 66.7 Å². The van der Waals surface area contributed by atoms with Crippen molar-refractivity contribution in [1.29, 1.82) is 5.26 Å². The third-order valence-electron chi connectivity index (χ3n) is 7.37. The molecule has 0 radical (unpaired) electrons. The molecule has 0 N–H and O–H groups in total. The van der Waals surface area contributed by atoms with Gasteiger partial charge in [-0.2, -0.15) is 5.26 Å². The fourth-order valence-corrected chi connectivity index (χ4v) is 5.18. The Morgan fingerprint density at radius 2 is 0.833 bits per heavy atom. The van der Waals surface area contributed by atoms with Gasteiger partial charge in [0.1, 0.15) is 0 Å². The summed E-state index contributed by atoms with van der Waals surface area (Å²) in [4.78, 5) is 14.5. The van der Waals surface area contributed by atoms with Crippen LogP contribution in [0.25, 0.3) is 67.2 Å². The summed E-state index contributed by atoms with van der Waals surface area (Å²) in [5, 5.41) is 11.9. The molecule has 196 valence electrons. The summed E-state index contributed by atoms with van der Waals surface area (Å²) in [6.45, 7) is 0. The Morgan fingerprint density at radius 1 is 0.381 bits per heavy atom. The van der Waals surface area contributed by atoms with Crippen LogP contribution in [0.4, 0.5) is 0 Å². The fraction of sp³-hybridized carbons (Fsp3) is 0. The molecule has 0 bridgehead atoms. The van der Waals surface area contributed by atoms with Gasteiger partial charge in [0.05, 0.1) is 11.6 Å². The second kappa shape index (κ2) is 10.9. The summed E-state index contributed by atoms with van der Waals surface area (Å²) in [5.74, 6) is 1.92. The van der Waals surface area contributed by atoms with Gasteiger partial charge in [0, 0.05) is 16.7 Å². The zero-order valence-corrected chi connectivity index (χ0v) is 22.6. The Kier molecular flexibility index (Phi) is 6.52. The number of benzene rings is 6. The van der Waals surface area contributed by atoms with Gasteiger partial charge in [0.2, 0.25) is 0 Å². The maximum atomic E-state index is 9.57. The van der Waals surface area contributed by atoms with Crippen molar-refractivity contribution in [3.05, 3.63) is 151 Å². The van der Waals surface area contributed by atoms with Gasteiger partial charge in [-0.3, -0.25) is 0 Å². The highest BCUT2D eigenvalue weighted by Gasteiger charge is 2.12. The first-order valence-electron chi connectivity index (χ1n) is 13.8. The lowest BCUT2D eigenvalue weighted by Gasteiger charge is -2.10. The van der Waals surface area contributed by atoms with Crippen molar-refractivity contribution < 1.29 is 0 Å². The third kappa shape index (κ3) is 4.92. The van der Waals surface area contributed by atoms with Gasteiger partial charge >= 0.3 is 0 Å². The molecule has 4 nitrogen and oxygen atoms in total. The van der Waals surface area contributed by atoms with Crippen molar-refractivity contribution >= 4 is 10.8 Å². The molecule has 0 aliphatic carbocycles. The topological polar surface area (TPSA) is 62.5 Å². The number of nitrogens with zero attached hydrogens (tertiary/aromatic N) is 4. The molecule has 0 saturated heterocycles. The van der Waals surface area contributed by atoms with Crippen molar-refractivity contribution in [1.82, 2.24) is 15.0 Å². The highest BCUT2D eigenvalue weighted by molar-refractivity contribution is 5.91. The molecule has 0 unspecified atom stereocenters. The highest BCUT2D eigenvalue weighted by atomic mass is 15.0. The fourth-order valence-electron chi connectivity index (χ4n) is 5.18. The summed E-state index contributed by atoms with van der Waals surface area (Å²) in [6, 6.07) is 51.2. The smallest absolute Gasteiger partial charge is 0.164 e. The van der Waals surface area contributed by atoms with Crippen molar-refractivity contribution in [2.45, 2.75) is 0 Å². The number of hydrogen-bond acceptors (Lipinski definition) is 4. The van der Waals surface area contributed by atoms with E-state index >= 15 is 0 Å². The van der Waals surface area contributed by atoms with Gasteiger partial charge in [0.15, 0.2) is 17.5 Å². The van der Waals surface area contributed by atoms with Crippen LogP contribution in [0.5, 0.6) is 0 Å². The maximum absolute atomic E-state index is 9.57. The molecule has 7 aromatic rings. The Hall–Kier alpha value is -5.92. The molecule has 0 saturated carbocycles. The zero-order valence-electron chi connectivity index (χ0n) is 22.6. The molecule has 0 atom stereocenters. The molecule has 1 aromatic heterocycles. The molecule has 0 fully saturated rings. The Bertz CT molecular complexity index is 2020. The SMILES string of the molecule is N#Cc1ccccc1-c1ccc2ccc(-c3ccc(-c4nc(-c5ccccc5)nc(-c5ccccc5)n4)cc3)cc2c1. The van der Waals surface area contributed by atoms with Crippen molar-refractivity contribution in [3.63, 3.8) is 0 Å². The third-order valence-corrected chi connectivity index (χ3v) is 7.37. The highest BCUT2D eigenvalue weighted by Crippen LogP contribution is 2.31. The van der Waals surface area contributed by atoms with Crippen LogP contribution in [0.15, 0.2) is 146 Å². The predicted molar refractivity (Wildman–Crippen MR) is 169 cm³/mol. The molecular weight excluding hydrogens is 512 g/mol. The lowest BCUT2D eigenvalue weighted by molar-refractivity contribution is 1.07. The molecule has 7 rings (SSSR count). The zero-order chi connectivity index (χ0) is 28.3. The van der Waals surface area contributed by atoms with Gasteiger partial charge in [-0.05, 0) is 51.2 Å². The number of aromatic nitrogens is 3. The van der Waals surface area contributed by atoms with Crippen LogP contribution in [-0.2, 0) is 0 Å². The molecule has 0 aliphatic heterocycles. The summed E-state index contributed by atoms with van der Waals surface area (Å²) in [6.07, 6.45) is 0. The standard InChI is InChI=1S/C38H24N4/c39-25-33-13-7-8-14-35(33)32-22-18-27-17-21-31(23-34(27)24-32)26-15-19-30(20-16-26)38-41-36(28-9-3-1-4-10-28)40-37(42-38)29-11-5-2-6-12-29/h1-24H. The summed E-state index contributed by atoms with van der Waals surface area (Å²) >= 11 is 0. The van der Waals surface area contributed by atoms with Crippen molar-refractivity contribution in [2.75, 3.05) is 0 Å². The average Bonchev–Trinajstić information content (AvgIpc) is 3.08. The van der Waals surface area contributed by atoms with Crippen LogP contribution in [0.2, 0.25) is 0 Å². The van der Waals surface area contributed by atoms with Crippen LogP contribution < -0.4 is 0 Å². The minimum Gasteiger partial charge on any atom is -0.208 e. The lowest BCUT2D eigenvalue weighted by Crippen LogP contribution is -2.00. The first-order chi connectivity index (χ1) is 20.7. The van der Waals surface area contributed by atoms with E-state index in [0.717, 1.165) is 49.7 Å². The number of hydrogen-bond donors (Lipinski definition) is 0. The first kappa shape index (κ1) is 25.1. The van der Waals surface area contributed by atoms with E-state index in [1.807, 2.05) is 84.9 Å².